The average Bonchev–Trinajstić information content (AvgIpc) is 2.19. The van der Waals surface area contributed by atoms with Crippen LogP contribution in [0, 0.1) is 0 Å². The molecule has 1 aliphatic heterocycles. The highest BCUT2D eigenvalue weighted by Gasteiger charge is 2.13. The van der Waals surface area contributed by atoms with Crippen molar-refractivity contribution in [3.05, 3.63) is 12.3 Å². The van der Waals surface area contributed by atoms with Crippen molar-refractivity contribution in [1.82, 2.24) is 15.3 Å². The fourth-order valence-electron chi connectivity index (χ4n) is 1.60. The molecule has 0 aliphatic carbocycles. The Morgan fingerprint density at radius 1 is 1.57 bits per heavy atom. The zero-order chi connectivity index (χ0) is 9.80. The minimum atomic E-state index is 0.422. The van der Waals surface area contributed by atoms with Crippen LogP contribution in [0.4, 0.5) is 11.8 Å². The van der Waals surface area contributed by atoms with Gasteiger partial charge in [-0.25, -0.2) is 4.98 Å². The van der Waals surface area contributed by atoms with Gasteiger partial charge >= 0.3 is 0 Å². The SMILES string of the molecule is Nc1ccnc(N[C@@H]2CCCNC2)n1. The third kappa shape index (κ3) is 2.32. The van der Waals surface area contributed by atoms with E-state index in [0.717, 1.165) is 19.5 Å². The summed E-state index contributed by atoms with van der Waals surface area (Å²) in [5.41, 5.74) is 5.56. The second-order valence-corrected chi connectivity index (χ2v) is 3.49. The van der Waals surface area contributed by atoms with E-state index in [4.69, 9.17) is 5.73 Å². The number of nitrogens with one attached hydrogen (secondary N) is 2. The molecule has 0 spiro atoms. The molecule has 1 aromatic heterocycles. The monoisotopic (exact) mass is 193 g/mol. The summed E-state index contributed by atoms with van der Waals surface area (Å²) in [5.74, 6) is 1.13. The Kier molecular flexibility index (Phi) is 2.78. The van der Waals surface area contributed by atoms with Gasteiger partial charge in [-0.2, -0.15) is 4.98 Å². The van der Waals surface area contributed by atoms with Gasteiger partial charge in [0.25, 0.3) is 0 Å². The Morgan fingerprint density at radius 2 is 2.50 bits per heavy atom. The number of anilines is 2. The molecule has 5 heteroatoms. The molecule has 14 heavy (non-hydrogen) atoms. The van der Waals surface area contributed by atoms with Crippen molar-refractivity contribution in [2.75, 3.05) is 24.1 Å². The quantitative estimate of drug-likeness (QED) is 0.626. The van der Waals surface area contributed by atoms with Gasteiger partial charge in [0, 0.05) is 18.8 Å². The Morgan fingerprint density at radius 3 is 3.21 bits per heavy atom. The van der Waals surface area contributed by atoms with E-state index in [0.29, 0.717) is 17.8 Å². The number of hydrogen-bond acceptors (Lipinski definition) is 5. The molecule has 1 aliphatic rings. The summed E-state index contributed by atoms with van der Waals surface area (Å²) in [6.45, 7) is 2.08. The zero-order valence-electron chi connectivity index (χ0n) is 8.03. The maximum atomic E-state index is 5.56. The van der Waals surface area contributed by atoms with E-state index in [9.17, 15) is 0 Å². The Bertz CT molecular complexity index is 295. The minimum Gasteiger partial charge on any atom is -0.384 e. The van der Waals surface area contributed by atoms with Crippen LogP contribution in [0.3, 0.4) is 0 Å². The van der Waals surface area contributed by atoms with Gasteiger partial charge in [0.2, 0.25) is 5.95 Å². The van der Waals surface area contributed by atoms with Crippen LogP contribution in [0.15, 0.2) is 12.3 Å². The highest BCUT2D eigenvalue weighted by molar-refractivity contribution is 5.35. The zero-order valence-corrected chi connectivity index (χ0v) is 8.03. The molecule has 0 amide bonds. The molecule has 0 radical (unpaired) electrons. The van der Waals surface area contributed by atoms with Crippen molar-refractivity contribution in [3.8, 4) is 0 Å². The highest BCUT2D eigenvalue weighted by Crippen LogP contribution is 2.08. The molecule has 0 unspecified atom stereocenters. The van der Waals surface area contributed by atoms with Crippen LogP contribution in [0.5, 0.6) is 0 Å². The van der Waals surface area contributed by atoms with Crippen molar-refractivity contribution < 1.29 is 0 Å². The molecular formula is C9H15N5. The first-order valence-corrected chi connectivity index (χ1v) is 4.90. The van der Waals surface area contributed by atoms with Crippen molar-refractivity contribution in [3.63, 3.8) is 0 Å². The second kappa shape index (κ2) is 4.23. The van der Waals surface area contributed by atoms with Crippen molar-refractivity contribution in [2.24, 2.45) is 0 Å². The van der Waals surface area contributed by atoms with E-state index >= 15 is 0 Å². The largest absolute Gasteiger partial charge is 0.384 e. The molecule has 2 heterocycles. The van der Waals surface area contributed by atoms with Gasteiger partial charge in [0.05, 0.1) is 0 Å². The summed E-state index contributed by atoms with van der Waals surface area (Å²) in [6.07, 6.45) is 4.02. The summed E-state index contributed by atoms with van der Waals surface area (Å²) in [5, 5.41) is 6.58. The lowest BCUT2D eigenvalue weighted by Gasteiger charge is -2.23. The normalized spacial score (nSPS) is 21.9. The van der Waals surface area contributed by atoms with E-state index < -0.39 is 0 Å². The first-order chi connectivity index (χ1) is 6.84. The van der Waals surface area contributed by atoms with E-state index in [-0.39, 0.29) is 0 Å². The highest BCUT2D eigenvalue weighted by atomic mass is 15.1. The average molecular weight is 193 g/mol. The van der Waals surface area contributed by atoms with Gasteiger partial charge in [-0.05, 0) is 25.5 Å². The van der Waals surface area contributed by atoms with Crippen LogP contribution < -0.4 is 16.4 Å². The maximum Gasteiger partial charge on any atom is 0.224 e. The Balaban J connectivity index is 1.95. The molecule has 1 atom stereocenters. The van der Waals surface area contributed by atoms with Crippen LogP contribution >= 0.6 is 0 Å². The van der Waals surface area contributed by atoms with Gasteiger partial charge < -0.3 is 16.4 Å². The van der Waals surface area contributed by atoms with Crippen molar-refractivity contribution in [2.45, 2.75) is 18.9 Å². The number of hydrogen-bond donors (Lipinski definition) is 3. The summed E-state index contributed by atoms with van der Waals surface area (Å²) in [6, 6.07) is 2.11. The fourth-order valence-corrected chi connectivity index (χ4v) is 1.60. The fraction of sp³-hybridized carbons (Fsp3) is 0.556. The van der Waals surface area contributed by atoms with E-state index in [2.05, 4.69) is 20.6 Å². The number of aromatic nitrogens is 2. The van der Waals surface area contributed by atoms with Crippen molar-refractivity contribution in [1.29, 1.82) is 0 Å². The van der Waals surface area contributed by atoms with Gasteiger partial charge in [-0.15, -0.1) is 0 Å². The predicted octanol–water partition coefficient (Wildman–Crippen LogP) is 0.223. The number of piperidine rings is 1. The number of nitrogens with two attached hydrogens (primary N) is 1. The molecule has 2 rings (SSSR count). The maximum absolute atomic E-state index is 5.56. The van der Waals surface area contributed by atoms with Gasteiger partial charge in [-0.3, -0.25) is 0 Å². The lowest BCUT2D eigenvalue weighted by Crippen LogP contribution is -2.38. The van der Waals surface area contributed by atoms with Crippen LogP contribution in [-0.4, -0.2) is 29.1 Å². The van der Waals surface area contributed by atoms with E-state index in [1.807, 2.05) is 0 Å². The van der Waals surface area contributed by atoms with Crippen LogP contribution in [0.2, 0.25) is 0 Å². The molecule has 5 nitrogen and oxygen atoms in total. The predicted molar refractivity (Wildman–Crippen MR) is 56.0 cm³/mol. The Hall–Kier alpha value is -1.36. The third-order valence-corrected chi connectivity index (χ3v) is 2.31. The van der Waals surface area contributed by atoms with Gasteiger partial charge in [0.1, 0.15) is 5.82 Å². The number of rotatable bonds is 2. The molecular weight excluding hydrogens is 178 g/mol. The number of nitrogen functional groups attached to an aromatic ring is 1. The molecule has 1 aromatic rings. The van der Waals surface area contributed by atoms with Crippen molar-refractivity contribution >= 4 is 11.8 Å². The van der Waals surface area contributed by atoms with Crippen LogP contribution in [0.1, 0.15) is 12.8 Å². The number of nitrogens with zero attached hydrogens (tertiary/aromatic N) is 2. The van der Waals surface area contributed by atoms with E-state index in [1.165, 1.54) is 6.42 Å². The lowest BCUT2D eigenvalue weighted by molar-refractivity contribution is 0.478. The standard InChI is InChI=1S/C9H15N5/c10-8-3-5-12-9(14-8)13-7-2-1-4-11-6-7/h3,5,7,11H,1-2,4,6H2,(H3,10,12,13,14)/t7-/m1/s1. The third-order valence-electron chi connectivity index (χ3n) is 2.31. The summed E-state index contributed by atoms with van der Waals surface area (Å²) < 4.78 is 0. The molecule has 4 N–H and O–H groups in total. The van der Waals surface area contributed by atoms with Crippen LogP contribution in [-0.2, 0) is 0 Å². The second-order valence-electron chi connectivity index (χ2n) is 3.49. The first kappa shape index (κ1) is 9.21. The minimum absolute atomic E-state index is 0.422. The summed E-state index contributed by atoms with van der Waals surface area (Å²) >= 11 is 0. The summed E-state index contributed by atoms with van der Waals surface area (Å²) in [4.78, 5) is 8.20. The molecule has 1 fully saturated rings. The first-order valence-electron chi connectivity index (χ1n) is 4.90. The van der Waals surface area contributed by atoms with E-state index in [1.54, 1.807) is 12.3 Å². The Labute approximate surface area is 83.1 Å². The molecule has 0 aromatic carbocycles. The molecule has 1 saturated heterocycles. The molecule has 0 bridgehead atoms. The lowest BCUT2D eigenvalue weighted by atomic mass is 10.1. The van der Waals surface area contributed by atoms with Gasteiger partial charge in [-0.1, -0.05) is 0 Å². The molecule has 76 valence electrons. The smallest absolute Gasteiger partial charge is 0.224 e. The van der Waals surface area contributed by atoms with Crippen LogP contribution in [0.25, 0.3) is 0 Å². The van der Waals surface area contributed by atoms with Gasteiger partial charge in [0.15, 0.2) is 0 Å². The topological polar surface area (TPSA) is 75.9 Å². The summed E-state index contributed by atoms with van der Waals surface area (Å²) in [7, 11) is 0. The molecule has 0 saturated carbocycles.